The van der Waals surface area contributed by atoms with E-state index in [-0.39, 0.29) is 32.0 Å². The first-order valence-electron chi connectivity index (χ1n) is 13.3. The second kappa shape index (κ2) is 39.4. The largest absolute Gasteiger partial charge is 6.00 e. The number of aromatic nitrogens is 4. The molecule has 4 aromatic heterocycles. The molecule has 4 rings (SSSR count). The summed E-state index contributed by atoms with van der Waals surface area (Å²) >= 11 is 1.46. The Morgan fingerprint density at radius 2 is 0.902 bits per heavy atom. The van der Waals surface area contributed by atoms with Gasteiger partial charge in [-0.15, -0.1) is 0 Å². The zero-order valence-corrected chi connectivity index (χ0v) is 27.0. The molecule has 4 aromatic rings. The van der Waals surface area contributed by atoms with Crippen molar-refractivity contribution in [2.45, 2.75) is 64.7 Å². The van der Waals surface area contributed by atoms with Crippen molar-refractivity contribution in [3.8, 4) is 0 Å². The SMILES string of the molecule is [CH2-]CCCCCCCCCCSC(C)=O.[CH3-].[Ru+6].[c-]1ccccn1.[c-]1ccccn1.[c-]1ccccn1.[c-]1ccccn1. The standard InChI is InChI=1S/C13H25OS.4C5H4N.CH3.Ru/c1-3-4-5-6-7-8-9-10-11-12-15-13(2)14;4*1-2-4-6-5-3-1;;/h1,3-12H2,2H3;4*1-4H;1H3;/q6*-1;+6. The van der Waals surface area contributed by atoms with Gasteiger partial charge in [-0.2, -0.15) is 79.2 Å². The van der Waals surface area contributed by atoms with Crippen LogP contribution in [-0.2, 0) is 24.3 Å². The minimum atomic E-state index is 0. The zero-order chi connectivity index (χ0) is 28.3. The average molecular weight is 658 g/mol. The molecule has 4 heterocycles. The van der Waals surface area contributed by atoms with Gasteiger partial charge < -0.3 is 34.3 Å². The van der Waals surface area contributed by atoms with Crippen molar-refractivity contribution in [1.82, 2.24) is 19.9 Å². The fourth-order valence-corrected chi connectivity index (χ4v) is 3.30. The summed E-state index contributed by atoms with van der Waals surface area (Å²) in [6.45, 7) is 5.48. The Balaban J connectivity index is -0.000000465. The number of carbonyl (C=O) groups excluding carboxylic acids is 1. The van der Waals surface area contributed by atoms with E-state index in [1.54, 1.807) is 56.0 Å². The predicted octanol–water partition coefficient (Wildman–Crippen LogP) is 8.59. The first-order chi connectivity index (χ1) is 19.3. The molecule has 5 nitrogen and oxygen atoms in total. The number of thioether (sulfide) groups is 1. The van der Waals surface area contributed by atoms with Crippen molar-refractivity contribution in [3.63, 3.8) is 0 Å². The molecule has 0 saturated heterocycles. The van der Waals surface area contributed by atoms with Crippen molar-refractivity contribution in [1.29, 1.82) is 0 Å². The molecule has 0 fully saturated rings. The maximum Gasteiger partial charge on any atom is 6.00 e. The van der Waals surface area contributed by atoms with E-state index in [2.05, 4.69) is 51.6 Å². The van der Waals surface area contributed by atoms with Crippen LogP contribution in [0.15, 0.2) is 97.6 Å². The summed E-state index contributed by atoms with van der Waals surface area (Å²) in [7, 11) is 0. The summed E-state index contributed by atoms with van der Waals surface area (Å²) in [4.78, 5) is 25.3. The predicted molar refractivity (Wildman–Crippen MR) is 169 cm³/mol. The van der Waals surface area contributed by atoms with Gasteiger partial charge in [0.15, 0.2) is 5.12 Å². The quantitative estimate of drug-likeness (QED) is 0.0967. The van der Waals surface area contributed by atoms with E-state index in [1.807, 2.05) is 48.5 Å². The number of hydrogen-bond donors (Lipinski definition) is 0. The molecule has 0 unspecified atom stereocenters. The van der Waals surface area contributed by atoms with Gasteiger partial charge in [-0.05, 0) is 6.42 Å². The molecule has 0 saturated carbocycles. The average Bonchev–Trinajstić information content (AvgIpc) is 3.03. The van der Waals surface area contributed by atoms with Gasteiger partial charge in [0.05, 0.1) is 0 Å². The van der Waals surface area contributed by atoms with Gasteiger partial charge in [0, 0.05) is 12.7 Å². The summed E-state index contributed by atoms with van der Waals surface area (Å²) in [6, 6.07) is 22.0. The topological polar surface area (TPSA) is 68.6 Å². The van der Waals surface area contributed by atoms with Crippen LogP contribution in [0.25, 0.3) is 0 Å². The third-order valence-electron chi connectivity index (χ3n) is 4.52. The monoisotopic (exact) mass is 658 g/mol. The Bertz CT molecular complexity index is 707. The van der Waals surface area contributed by atoms with E-state index in [4.69, 9.17) is 0 Å². The molecule has 0 amide bonds. The minimum absolute atomic E-state index is 0. The summed E-state index contributed by atoms with van der Waals surface area (Å²) in [6.07, 6.45) is 29.0. The van der Waals surface area contributed by atoms with Crippen LogP contribution < -0.4 is 0 Å². The second-order valence-electron chi connectivity index (χ2n) is 7.86. The van der Waals surface area contributed by atoms with Gasteiger partial charge in [-0.25, -0.2) is 0 Å². The molecule has 7 heteroatoms. The first kappa shape index (κ1) is 42.7. The third-order valence-corrected chi connectivity index (χ3v) is 5.42. The van der Waals surface area contributed by atoms with E-state index in [0.717, 1.165) is 12.2 Å². The summed E-state index contributed by atoms with van der Waals surface area (Å²) < 4.78 is 0. The van der Waals surface area contributed by atoms with Gasteiger partial charge >= 0.3 is 19.5 Å². The van der Waals surface area contributed by atoms with Crippen LogP contribution in [0.5, 0.6) is 0 Å². The Hall–Kier alpha value is -2.76. The molecule has 0 aromatic carbocycles. The molecule has 0 atom stereocenters. The Labute approximate surface area is 267 Å². The minimum Gasteiger partial charge on any atom is -0.394 e. The third kappa shape index (κ3) is 41.9. The van der Waals surface area contributed by atoms with Crippen molar-refractivity contribution in [2.75, 3.05) is 5.75 Å². The van der Waals surface area contributed by atoms with E-state index in [0.29, 0.717) is 0 Å². The van der Waals surface area contributed by atoms with E-state index in [9.17, 15) is 4.79 Å². The maximum atomic E-state index is 10.6. The number of pyridine rings is 4. The van der Waals surface area contributed by atoms with Crippen molar-refractivity contribution < 1.29 is 24.3 Å². The normalized spacial score (nSPS) is 8.54. The number of carbonyl (C=O) groups is 1. The molecule has 0 aliphatic carbocycles. The molecule has 220 valence electrons. The van der Waals surface area contributed by atoms with Crippen LogP contribution >= 0.6 is 11.8 Å². The van der Waals surface area contributed by atoms with Crippen molar-refractivity contribution >= 4 is 16.9 Å². The van der Waals surface area contributed by atoms with E-state index in [1.165, 1.54) is 63.1 Å². The van der Waals surface area contributed by atoms with Crippen LogP contribution in [-0.4, -0.2) is 30.8 Å². The Morgan fingerprint density at radius 1 is 0.585 bits per heavy atom. The van der Waals surface area contributed by atoms with Gasteiger partial charge in [0.2, 0.25) is 0 Å². The van der Waals surface area contributed by atoms with Crippen molar-refractivity contribution in [3.05, 3.63) is 137 Å². The van der Waals surface area contributed by atoms with Gasteiger partial charge in [-0.1, -0.05) is 106 Å². The van der Waals surface area contributed by atoms with Gasteiger partial charge in [-0.3, -0.25) is 4.79 Å². The van der Waals surface area contributed by atoms with E-state index >= 15 is 0 Å². The molecule has 41 heavy (non-hydrogen) atoms. The number of unbranched alkanes of at least 4 members (excludes halogenated alkanes) is 8. The van der Waals surface area contributed by atoms with Crippen LogP contribution in [0.2, 0.25) is 0 Å². The van der Waals surface area contributed by atoms with Crippen LogP contribution in [0.3, 0.4) is 0 Å². The van der Waals surface area contributed by atoms with Gasteiger partial charge in [0.1, 0.15) is 0 Å². The summed E-state index contributed by atoms with van der Waals surface area (Å²) in [5.74, 6) is 1.01. The Kier molecular flexibility index (Phi) is 41.0. The van der Waals surface area contributed by atoms with Gasteiger partial charge in [0.25, 0.3) is 0 Å². The first-order valence-corrected chi connectivity index (χ1v) is 14.3. The van der Waals surface area contributed by atoms with E-state index < -0.39 is 0 Å². The summed E-state index contributed by atoms with van der Waals surface area (Å²) in [5.41, 5.74) is 0. The molecular formula is C34H44N4ORuS. The van der Waals surface area contributed by atoms with Crippen molar-refractivity contribution in [2.24, 2.45) is 0 Å². The Morgan fingerprint density at radius 3 is 1.10 bits per heavy atom. The molecule has 0 radical (unpaired) electrons. The fraction of sp³-hybridized carbons (Fsp3) is 0.324. The molecule has 0 aliphatic rings. The molecule has 0 aliphatic heterocycles. The fourth-order valence-electron chi connectivity index (χ4n) is 2.66. The second-order valence-corrected chi connectivity index (χ2v) is 9.13. The number of rotatable bonds is 10. The maximum absolute atomic E-state index is 10.6. The number of nitrogens with zero attached hydrogens (tertiary/aromatic N) is 4. The molecule has 0 spiro atoms. The zero-order valence-electron chi connectivity index (χ0n) is 24.5. The van der Waals surface area contributed by atoms with Crippen LogP contribution in [0.1, 0.15) is 64.7 Å². The number of hydrogen-bond acceptors (Lipinski definition) is 6. The van der Waals surface area contributed by atoms with Crippen LogP contribution in [0, 0.1) is 39.1 Å². The molecular weight excluding hydrogens is 614 g/mol. The van der Waals surface area contributed by atoms with Crippen LogP contribution in [0.4, 0.5) is 0 Å². The molecule has 0 bridgehead atoms. The smallest absolute Gasteiger partial charge is 0.394 e. The summed E-state index contributed by atoms with van der Waals surface area (Å²) in [5, 5.41) is 0.253. The molecule has 0 N–H and O–H groups in total.